The molecule has 3 atom stereocenters. The predicted molar refractivity (Wildman–Crippen MR) is 103 cm³/mol. The fourth-order valence-corrected chi connectivity index (χ4v) is 4.66. The average Bonchev–Trinajstić information content (AvgIpc) is 3.08. The van der Waals surface area contributed by atoms with Crippen molar-refractivity contribution in [2.45, 2.75) is 43.9 Å². The van der Waals surface area contributed by atoms with Crippen LogP contribution in [0.5, 0.6) is 0 Å². The molecule has 26 heavy (non-hydrogen) atoms. The number of hydrogen-bond donors (Lipinski definition) is 2. The van der Waals surface area contributed by atoms with Crippen LogP contribution >= 0.6 is 7.14 Å². The summed E-state index contributed by atoms with van der Waals surface area (Å²) in [5.41, 5.74) is 1.12. The van der Waals surface area contributed by atoms with Gasteiger partial charge in [-0.15, -0.1) is 0 Å². The zero-order chi connectivity index (χ0) is 19.3. The number of likely N-dealkylation sites (tertiary alicyclic amines) is 1. The molecule has 6 nitrogen and oxygen atoms in total. The largest absolute Gasteiger partial charge is 0.480 e. The molecule has 144 valence electrons. The minimum absolute atomic E-state index is 0.0481. The van der Waals surface area contributed by atoms with Gasteiger partial charge in [-0.2, -0.15) is 0 Å². The number of carbonyl (C=O) groups excluding carboxylic acids is 1. The molecule has 1 aromatic rings. The average molecular weight is 380 g/mol. The predicted octanol–water partition coefficient (Wildman–Crippen LogP) is 2.27. The van der Waals surface area contributed by atoms with E-state index in [9.17, 15) is 19.3 Å². The number of nitrogens with one attached hydrogen (secondary N) is 1. The molecule has 0 radical (unpaired) electrons. The highest BCUT2D eigenvalue weighted by molar-refractivity contribution is 7.63. The molecule has 2 rings (SSSR count). The van der Waals surface area contributed by atoms with E-state index >= 15 is 0 Å². The van der Waals surface area contributed by atoms with Gasteiger partial charge in [-0.1, -0.05) is 30.3 Å². The minimum atomic E-state index is -2.22. The van der Waals surface area contributed by atoms with Gasteiger partial charge in [0.15, 0.2) is 0 Å². The molecular formula is C19H29N2O4P. The lowest BCUT2D eigenvalue weighted by Crippen LogP contribution is -2.50. The van der Waals surface area contributed by atoms with Crippen LogP contribution in [0.4, 0.5) is 0 Å². The van der Waals surface area contributed by atoms with Gasteiger partial charge in [0, 0.05) is 18.7 Å². The zero-order valence-electron chi connectivity index (χ0n) is 15.7. The van der Waals surface area contributed by atoms with E-state index in [4.69, 9.17) is 0 Å². The Kier molecular flexibility index (Phi) is 7.01. The zero-order valence-corrected chi connectivity index (χ0v) is 16.6. The summed E-state index contributed by atoms with van der Waals surface area (Å²) in [7, 11) is -2.22. The molecule has 2 N–H and O–H groups in total. The van der Waals surface area contributed by atoms with Crippen LogP contribution in [0.25, 0.3) is 0 Å². The second kappa shape index (κ2) is 8.83. The monoisotopic (exact) mass is 380 g/mol. The number of carboxylic acids is 1. The van der Waals surface area contributed by atoms with Crippen molar-refractivity contribution >= 4 is 19.0 Å². The third-order valence-electron chi connectivity index (χ3n) is 5.04. The summed E-state index contributed by atoms with van der Waals surface area (Å²) < 4.78 is 12.2. The van der Waals surface area contributed by atoms with Gasteiger partial charge in [0.25, 0.3) is 0 Å². The summed E-state index contributed by atoms with van der Waals surface area (Å²) >= 11 is 0. The molecule has 1 amide bonds. The molecule has 0 spiro atoms. The first-order valence-electron chi connectivity index (χ1n) is 9.04. The van der Waals surface area contributed by atoms with Crippen LogP contribution in [0.15, 0.2) is 30.3 Å². The van der Waals surface area contributed by atoms with Crippen LogP contribution < -0.4 is 5.32 Å². The summed E-state index contributed by atoms with van der Waals surface area (Å²) in [6, 6.07) is 8.33. The van der Waals surface area contributed by atoms with E-state index in [2.05, 4.69) is 5.32 Å². The minimum Gasteiger partial charge on any atom is -0.480 e. The van der Waals surface area contributed by atoms with E-state index < -0.39 is 25.2 Å². The molecule has 1 aromatic carbocycles. The Morgan fingerprint density at radius 3 is 2.50 bits per heavy atom. The van der Waals surface area contributed by atoms with E-state index in [0.717, 1.165) is 12.0 Å². The number of aliphatic carboxylic acids is 1. The summed E-state index contributed by atoms with van der Waals surface area (Å²) in [5, 5.41) is 12.4. The van der Waals surface area contributed by atoms with Gasteiger partial charge < -0.3 is 14.6 Å². The summed E-state index contributed by atoms with van der Waals surface area (Å²) in [6.45, 7) is 6.31. The van der Waals surface area contributed by atoms with Crippen LogP contribution in [0.1, 0.15) is 25.3 Å². The van der Waals surface area contributed by atoms with Gasteiger partial charge in [-0.3, -0.25) is 14.9 Å². The highest BCUT2D eigenvalue weighted by Gasteiger charge is 2.35. The van der Waals surface area contributed by atoms with Gasteiger partial charge in [0.1, 0.15) is 6.04 Å². The van der Waals surface area contributed by atoms with Gasteiger partial charge >= 0.3 is 5.97 Å². The molecule has 1 heterocycles. The SMILES string of the molecule is C[C@H](N[C@@H](CCc1ccccc1)C(=O)O)C(=O)N1CCC(P(C)(C)=O)C1. The molecule has 7 heteroatoms. The number of hydrogen-bond acceptors (Lipinski definition) is 4. The Morgan fingerprint density at radius 1 is 1.31 bits per heavy atom. The van der Waals surface area contributed by atoms with E-state index in [1.54, 1.807) is 25.2 Å². The molecule has 0 aliphatic carbocycles. The smallest absolute Gasteiger partial charge is 0.320 e. The Bertz CT molecular complexity index is 673. The van der Waals surface area contributed by atoms with Crippen molar-refractivity contribution in [3.8, 4) is 0 Å². The highest BCUT2D eigenvalue weighted by Crippen LogP contribution is 2.46. The maximum atomic E-state index is 12.6. The molecule has 0 saturated carbocycles. The summed E-state index contributed by atoms with van der Waals surface area (Å²) in [6.07, 6.45) is 1.80. The molecule has 1 aliphatic heterocycles. The van der Waals surface area contributed by atoms with Crippen molar-refractivity contribution in [3.63, 3.8) is 0 Å². The number of rotatable bonds is 8. The number of carboxylic acid groups (broad SMARTS) is 1. The molecular weight excluding hydrogens is 351 g/mol. The van der Waals surface area contributed by atoms with Crippen LogP contribution in [0.3, 0.4) is 0 Å². The maximum Gasteiger partial charge on any atom is 0.320 e. The number of amides is 1. The van der Waals surface area contributed by atoms with Crippen molar-refractivity contribution in [1.29, 1.82) is 0 Å². The molecule has 1 unspecified atom stereocenters. The van der Waals surface area contributed by atoms with Crippen molar-refractivity contribution in [2.75, 3.05) is 26.4 Å². The van der Waals surface area contributed by atoms with E-state index in [1.165, 1.54) is 0 Å². The normalized spacial score (nSPS) is 20.0. The fourth-order valence-electron chi connectivity index (χ4n) is 3.33. The molecule has 1 aliphatic rings. The first kappa shape index (κ1) is 20.7. The second-order valence-corrected chi connectivity index (χ2v) is 11.1. The molecule has 1 fully saturated rings. The van der Waals surface area contributed by atoms with Crippen molar-refractivity contribution < 1.29 is 19.3 Å². The standard InChI is InChI=1S/C19H29N2O4P/c1-14(18(22)21-12-11-16(13-21)26(2,3)25)20-17(19(23)24)10-9-15-7-5-4-6-8-15/h4-8,14,16-17,20H,9-13H2,1-3H3,(H,23,24)/t14-,16?,17-/m0/s1. The fraction of sp³-hybridized carbons (Fsp3) is 0.579. The lowest BCUT2D eigenvalue weighted by atomic mass is 10.0. The Labute approximate surface area is 155 Å². The van der Waals surface area contributed by atoms with Crippen molar-refractivity contribution in [1.82, 2.24) is 10.2 Å². The van der Waals surface area contributed by atoms with E-state index in [0.29, 0.717) is 25.9 Å². The number of aryl methyl sites for hydroxylation is 1. The quantitative estimate of drug-likeness (QED) is 0.676. The number of nitrogens with zero attached hydrogens (tertiary/aromatic N) is 1. The van der Waals surface area contributed by atoms with Crippen molar-refractivity contribution in [3.05, 3.63) is 35.9 Å². The van der Waals surface area contributed by atoms with Gasteiger partial charge in [0.05, 0.1) is 13.2 Å². The Hall–Kier alpha value is -1.65. The topological polar surface area (TPSA) is 86.7 Å². The van der Waals surface area contributed by atoms with E-state index in [1.807, 2.05) is 30.3 Å². The summed E-state index contributed by atoms with van der Waals surface area (Å²) in [5.74, 6) is -1.07. The lowest BCUT2D eigenvalue weighted by Gasteiger charge is -2.25. The van der Waals surface area contributed by atoms with Crippen molar-refractivity contribution in [2.24, 2.45) is 0 Å². The van der Waals surface area contributed by atoms with Crippen LogP contribution in [0, 0.1) is 0 Å². The molecule has 0 bridgehead atoms. The van der Waals surface area contributed by atoms with Crippen LogP contribution in [-0.4, -0.2) is 66.0 Å². The van der Waals surface area contributed by atoms with Gasteiger partial charge in [-0.05, 0) is 45.1 Å². The molecule has 1 saturated heterocycles. The van der Waals surface area contributed by atoms with E-state index in [-0.39, 0.29) is 11.6 Å². The third kappa shape index (κ3) is 5.68. The van der Waals surface area contributed by atoms with Gasteiger partial charge in [-0.25, -0.2) is 0 Å². The second-order valence-electron chi connectivity index (χ2n) is 7.46. The highest BCUT2D eigenvalue weighted by atomic mass is 31.2. The number of carbonyl (C=O) groups is 2. The summed E-state index contributed by atoms with van der Waals surface area (Å²) in [4.78, 5) is 25.9. The first-order valence-corrected chi connectivity index (χ1v) is 11.7. The Balaban J connectivity index is 1.90. The number of benzene rings is 1. The first-order chi connectivity index (χ1) is 12.2. The van der Waals surface area contributed by atoms with Crippen LogP contribution in [-0.2, 0) is 20.6 Å². The van der Waals surface area contributed by atoms with Gasteiger partial charge in [0.2, 0.25) is 5.91 Å². The lowest BCUT2D eigenvalue weighted by molar-refractivity contribution is -0.140. The van der Waals surface area contributed by atoms with Crippen LogP contribution in [0.2, 0.25) is 0 Å². The Morgan fingerprint density at radius 2 is 1.96 bits per heavy atom. The molecule has 0 aromatic heterocycles. The third-order valence-corrected chi connectivity index (χ3v) is 7.22. The maximum absolute atomic E-state index is 12.6.